The van der Waals surface area contributed by atoms with Gasteiger partial charge in [-0.2, -0.15) is 0 Å². The maximum Gasteiger partial charge on any atom is 0.325 e. The number of phenolic OH excluding ortho intramolecular Hbond substituents is 1. The lowest BCUT2D eigenvalue weighted by Gasteiger charge is -2.17. The van der Waals surface area contributed by atoms with Crippen LogP contribution in [-0.4, -0.2) is 46.7 Å². The predicted octanol–water partition coefficient (Wildman–Crippen LogP) is 0.719. The Labute approximate surface area is 97.7 Å². The van der Waals surface area contributed by atoms with Gasteiger partial charge in [-0.1, -0.05) is 6.07 Å². The van der Waals surface area contributed by atoms with Crippen molar-refractivity contribution in [3.63, 3.8) is 0 Å². The number of aliphatic carboxylic acids is 1. The van der Waals surface area contributed by atoms with E-state index in [1.807, 2.05) is 0 Å². The molecule has 0 atom stereocenters. The summed E-state index contributed by atoms with van der Waals surface area (Å²) in [5, 5.41) is 18.0. The largest absolute Gasteiger partial charge is 0.508 e. The fraction of sp³-hybridized carbons (Fsp3) is 0.273. The van der Waals surface area contributed by atoms with Crippen LogP contribution in [0.2, 0.25) is 0 Å². The number of hydrogen-bond donors (Lipinski definition) is 2. The fourth-order valence-corrected chi connectivity index (χ4v) is 1.79. The minimum Gasteiger partial charge on any atom is -0.508 e. The van der Waals surface area contributed by atoms with Gasteiger partial charge in [-0.25, -0.2) is 4.79 Å². The molecule has 90 valence electrons. The van der Waals surface area contributed by atoms with Gasteiger partial charge in [-0.3, -0.25) is 9.69 Å². The van der Waals surface area contributed by atoms with Crippen LogP contribution in [0.3, 0.4) is 0 Å². The van der Waals surface area contributed by atoms with Crippen molar-refractivity contribution in [1.29, 1.82) is 0 Å². The van der Waals surface area contributed by atoms with Gasteiger partial charge in [-0.05, 0) is 12.1 Å². The highest BCUT2D eigenvalue weighted by Gasteiger charge is 2.30. The molecule has 17 heavy (non-hydrogen) atoms. The Morgan fingerprint density at radius 2 is 2.12 bits per heavy atom. The molecule has 0 bridgehead atoms. The monoisotopic (exact) mass is 236 g/mol. The number of anilines is 1. The van der Waals surface area contributed by atoms with Gasteiger partial charge in [-0.15, -0.1) is 0 Å². The topological polar surface area (TPSA) is 81.1 Å². The molecule has 0 radical (unpaired) electrons. The van der Waals surface area contributed by atoms with Crippen molar-refractivity contribution in [3.05, 3.63) is 24.3 Å². The zero-order valence-electron chi connectivity index (χ0n) is 9.04. The van der Waals surface area contributed by atoms with Crippen molar-refractivity contribution in [1.82, 2.24) is 4.90 Å². The number of benzene rings is 1. The number of carbonyl (C=O) groups excluding carboxylic acids is 1. The van der Waals surface area contributed by atoms with Crippen LogP contribution in [0.25, 0.3) is 0 Å². The third kappa shape index (κ3) is 2.30. The lowest BCUT2D eigenvalue weighted by molar-refractivity contribution is -0.137. The molecule has 1 aliphatic heterocycles. The zero-order chi connectivity index (χ0) is 12.4. The van der Waals surface area contributed by atoms with E-state index >= 15 is 0 Å². The molecule has 6 nitrogen and oxygen atoms in total. The normalized spacial score (nSPS) is 15.4. The Balaban J connectivity index is 2.15. The minimum absolute atomic E-state index is 0.0759. The van der Waals surface area contributed by atoms with E-state index in [4.69, 9.17) is 5.11 Å². The van der Waals surface area contributed by atoms with Crippen LogP contribution in [0.4, 0.5) is 10.5 Å². The Morgan fingerprint density at radius 1 is 1.35 bits per heavy atom. The molecule has 1 aromatic rings. The standard InChI is InChI=1S/C11H12N2O4/c14-9-3-1-2-8(6-9)13-5-4-12(11(13)17)7-10(15)16/h1-3,6,14H,4-5,7H2,(H,15,16). The first-order valence-electron chi connectivity index (χ1n) is 5.15. The van der Waals surface area contributed by atoms with Crippen molar-refractivity contribution >= 4 is 17.7 Å². The second-order valence-corrected chi connectivity index (χ2v) is 3.77. The van der Waals surface area contributed by atoms with Crippen molar-refractivity contribution in [2.45, 2.75) is 0 Å². The number of carboxylic acids is 1. The van der Waals surface area contributed by atoms with Crippen LogP contribution in [-0.2, 0) is 4.79 Å². The average molecular weight is 236 g/mol. The highest BCUT2D eigenvalue weighted by molar-refractivity contribution is 5.95. The number of carbonyl (C=O) groups is 2. The second kappa shape index (κ2) is 4.32. The average Bonchev–Trinajstić information content (AvgIpc) is 2.60. The molecule has 0 aromatic heterocycles. The number of aromatic hydroxyl groups is 1. The number of phenols is 1. The molecule has 0 aliphatic carbocycles. The molecule has 1 aromatic carbocycles. The van der Waals surface area contributed by atoms with Gasteiger partial charge in [0.05, 0.1) is 0 Å². The summed E-state index contributed by atoms with van der Waals surface area (Å²) < 4.78 is 0. The summed E-state index contributed by atoms with van der Waals surface area (Å²) in [5.41, 5.74) is 0.572. The molecule has 2 amide bonds. The molecule has 2 N–H and O–H groups in total. The van der Waals surface area contributed by atoms with Crippen LogP contribution >= 0.6 is 0 Å². The van der Waals surface area contributed by atoms with Gasteiger partial charge in [0.2, 0.25) is 0 Å². The lowest BCUT2D eigenvalue weighted by Crippen LogP contribution is -2.35. The first kappa shape index (κ1) is 11.3. The third-order valence-electron chi connectivity index (χ3n) is 2.56. The quantitative estimate of drug-likeness (QED) is 0.810. The maximum absolute atomic E-state index is 11.9. The van der Waals surface area contributed by atoms with Crippen LogP contribution in [0.15, 0.2) is 24.3 Å². The number of carboxylic acid groups (broad SMARTS) is 1. The highest BCUT2D eigenvalue weighted by atomic mass is 16.4. The molecule has 1 heterocycles. The highest BCUT2D eigenvalue weighted by Crippen LogP contribution is 2.23. The van der Waals surface area contributed by atoms with Gasteiger partial charge >= 0.3 is 12.0 Å². The van der Waals surface area contributed by atoms with Gasteiger partial charge in [0.15, 0.2) is 0 Å². The zero-order valence-corrected chi connectivity index (χ0v) is 9.04. The number of nitrogens with zero attached hydrogens (tertiary/aromatic N) is 2. The van der Waals surface area contributed by atoms with Crippen molar-refractivity contribution in [3.8, 4) is 5.75 Å². The first-order chi connectivity index (χ1) is 8.08. The number of hydrogen-bond acceptors (Lipinski definition) is 3. The Bertz CT molecular complexity index is 461. The smallest absolute Gasteiger partial charge is 0.325 e. The third-order valence-corrected chi connectivity index (χ3v) is 2.56. The summed E-state index contributed by atoms with van der Waals surface area (Å²) in [4.78, 5) is 25.1. The van der Waals surface area contributed by atoms with E-state index in [9.17, 15) is 14.7 Å². The van der Waals surface area contributed by atoms with Crippen LogP contribution in [0.1, 0.15) is 0 Å². The summed E-state index contributed by atoms with van der Waals surface area (Å²) >= 11 is 0. The van der Waals surface area contributed by atoms with Crippen molar-refractivity contribution in [2.75, 3.05) is 24.5 Å². The molecular formula is C11H12N2O4. The predicted molar refractivity (Wildman–Crippen MR) is 60.1 cm³/mol. The maximum atomic E-state index is 11.9. The molecule has 1 saturated heterocycles. The Kier molecular flexibility index (Phi) is 2.86. The first-order valence-corrected chi connectivity index (χ1v) is 5.15. The molecule has 0 spiro atoms. The van der Waals surface area contributed by atoms with Gasteiger partial charge < -0.3 is 15.1 Å². The summed E-state index contributed by atoms with van der Waals surface area (Å²) in [6.07, 6.45) is 0. The van der Waals surface area contributed by atoms with E-state index in [1.165, 1.54) is 21.9 Å². The van der Waals surface area contributed by atoms with E-state index < -0.39 is 5.97 Å². The van der Waals surface area contributed by atoms with Crippen molar-refractivity contribution < 1.29 is 19.8 Å². The SMILES string of the molecule is O=C(O)CN1CCN(c2cccc(O)c2)C1=O. The van der Waals surface area contributed by atoms with E-state index in [2.05, 4.69) is 0 Å². The molecule has 1 fully saturated rings. The van der Waals surface area contributed by atoms with Crippen molar-refractivity contribution in [2.24, 2.45) is 0 Å². The number of urea groups is 1. The van der Waals surface area contributed by atoms with Gasteiger partial charge in [0, 0.05) is 24.8 Å². The molecule has 0 unspecified atom stereocenters. The number of rotatable bonds is 3. The molecule has 6 heteroatoms. The lowest BCUT2D eigenvalue weighted by atomic mass is 10.3. The van der Waals surface area contributed by atoms with Crippen LogP contribution in [0.5, 0.6) is 5.75 Å². The fourth-order valence-electron chi connectivity index (χ4n) is 1.79. The van der Waals surface area contributed by atoms with E-state index in [-0.39, 0.29) is 18.3 Å². The second-order valence-electron chi connectivity index (χ2n) is 3.77. The summed E-state index contributed by atoms with van der Waals surface area (Å²) in [6, 6.07) is 5.97. The van der Waals surface area contributed by atoms with Crippen LogP contribution in [0, 0.1) is 0 Å². The van der Waals surface area contributed by atoms with E-state index in [1.54, 1.807) is 12.1 Å². The van der Waals surface area contributed by atoms with Gasteiger partial charge in [0.1, 0.15) is 12.3 Å². The van der Waals surface area contributed by atoms with E-state index in [0.29, 0.717) is 18.8 Å². The van der Waals surface area contributed by atoms with Gasteiger partial charge in [0.25, 0.3) is 0 Å². The Hall–Kier alpha value is -2.24. The molecular weight excluding hydrogens is 224 g/mol. The summed E-state index contributed by atoms with van der Waals surface area (Å²) in [6.45, 7) is 0.504. The Morgan fingerprint density at radius 3 is 2.76 bits per heavy atom. The summed E-state index contributed by atoms with van der Waals surface area (Å²) in [7, 11) is 0. The minimum atomic E-state index is -1.03. The molecule has 1 aliphatic rings. The summed E-state index contributed by atoms with van der Waals surface area (Å²) in [5.74, 6) is -0.955. The number of amides is 2. The molecule has 2 rings (SSSR count). The van der Waals surface area contributed by atoms with E-state index in [0.717, 1.165) is 0 Å². The molecule has 0 saturated carbocycles. The van der Waals surface area contributed by atoms with Crippen LogP contribution < -0.4 is 4.90 Å².